The molecule has 10 heavy (non-hydrogen) atoms. The Bertz CT molecular complexity index is 87.7. The predicted octanol–water partition coefficient (Wildman–Crippen LogP) is 0.460. The van der Waals surface area contributed by atoms with Gasteiger partial charge in [-0.1, -0.05) is 12.8 Å². The Morgan fingerprint density at radius 1 is 1.20 bits per heavy atom. The third-order valence-corrected chi connectivity index (χ3v) is 2.27. The van der Waals surface area contributed by atoms with Crippen molar-refractivity contribution >= 4 is 0 Å². The van der Waals surface area contributed by atoms with Crippen LogP contribution in [0.5, 0.6) is 0 Å². The predicted molar refractivity (Wildman–Crippen MR) is 39.0 cm³/mol. The van der Waals surface area contributed by atoms with Crippen molar-refractivity contribution < 1.29 is 21.1 Å². The molecular formula is C7H16N2Pt. The number of hydrogen-bond donors (Lipinski definition) is 2. The van der Waals surface area contributed by atoms with Crippen molar-refractivity contribution in [1.82, 2.24) is 0 Å². The molecule has 1 saturated carbocycles. The van der Waals surface area contributed by atoms with Gasteiger partial charge in [0.05, 0.1) is 0 Å². The van der Waals surface area contributed by atoms with E-state index in [-0.39, 0.29) is 21.1 Å². The molecule has 0 aromatic heterocycles. The Kier molecular flexibility index (Phi) is 5.61. The molecule has 1 aliphatic carbocycles. The third kappa shape index (κ3) is 2.69. The van der Waals surface area contributed by atoms with Crippen LogP contribution in [0.1, 0.15) is 25.7 Å². The maximum absolute atomic E-state index is 5.81. The van der Waals surface area contributed by atoms with E-state index in [2.05, 4.69) is 0 Å². The Balaban J connectivity index is 0.000000810. The van der Waals surface area contributed by atoms with Crippen molar-refractivity contribution in [2.45, 2.75) is 31.7 Å². The van der Waals surface area contributed by atoms with Crippen molar-refractivity contribution in [3.63, 3.8) is 0 Å². The Labute approximate surface area is 77.0 Å². The molecule has 1 fully saturated rings. The van der Waals surface area contributed by atoms with E-state index in [9.17, 15) is 0 Å². The number of hydrogen-bond acceptors (Lipinski definition) is 2. The van der Waals surface area contributed by atoms with E-state index in [1.807, 2.05) is 0 Å². The van der Waals surface area contributed by atoms with Gasteiger partial charge < -0.3 is 11.5 Å². The maximum atomic E-state index is 5.81. The first-order valence-electron chi connectivity index (χ1n) is 3.80. The Morgan fingerprint density at radius 3 is 2.20 bits per heavy atom. The molecule has 0 aromatic rings. The van der Waals surface area contributed by atoms with Gasteiger partial charge in [0.25, 0.3) is 0 Å². The molecule has 0 aliphatic heterocycles. The van der Waals surface area contributed by atoms with E-state index < -0.39 is 0 Å². The zero-order chi connectivity index (χ0) is 6.69. The summed E-state index contributed by atoms with van der Waals surface area (Å²) in [6.45, 7) is 0.779. The number of nitrogens with two attached hydrogens (primary N) is 2. The van der Waals surface area contributed by atoms with Crippen molar-refractivity contribution in [2.24, 2.45) is 17.4 Å². The van der Waals surface area contributed by atoms with Gasteiger partial charge in [-0.25, -0.2) is 0 Å². The van der Waals surface area contributed by atoms with Crippen molar-refractivity contribution in [3.05, 3.63) is 0 Å². The summed E-state index contributed by atoms with van der Waals surface area (Å²) >= 11 is 0. The van der Waals surface area contributed by atoms with E-state index in [0.29, 0.717) is 12.0 Å². The summed E-state index contributed by atoms with van der Waals surface area (Å²) in [5, 5.41) is 0. The summed E-state index contributed by atoms with van der Waals surface area (Å²) in [5.74, 6) is 0.610. The Hall–Kier alpha value is 0.608. The van der Waals surface area contributed by atoms with Crippen LogP contribution in [0.25, 0.3) is 0 Å². The molecule has 3 heteroatoms. The molecule has 2 nitrogen and oxygen atoms in total. The average Bonchev–Trinajstić information content (AvgIpc) is 1.89. The molecule has 4 N–H and O–H groups in total. The van der Waals surface area contributed by atoms with Gasteiger partial charge in [0.15, 0.2) is 0 Å². The van der Waals surface area contributed by atoms with Crippen LogP contribution in [-0.2, 0) is 21.1 Å². The van der Waals surface area contributed by atoms with E-state index >= 15 is 0 Å². The Morgan fingerprint density at radius 2 is 1.80 bits per heavy atom. The molecule has 1 rings (SSSR count). The summed E-state index contributed by atoms with van der Waals surface area (Å²) < 4.78 is 0. The maximum Gasteiger partial charge on any atom is 0.00792 e. The van der Waals surface area contributed by atoms with Gasteiger partial charge in [-0.2, -0.15) is 0 Å². The van der Waals surface area contributed by atoms with Crippen molar-refractivity contribution in [3.8, 4) is 0 Å². The van der Waals surface area contributed by atoms with E-state index in [1.54, 1.807) is 0 Å². The minimum Gasteiger partial charge on any atom is -0.330 e. The monoisotopic (exact) mass is 323 g/mol. The minimum absolute atomic E-state index is 0. The first kappa shape index (κ1) is 10.6. The van der Waals surface area contributed by atoms with Crippen LogP contribution in [0, 0.1) is 5.92 Å². The third-order valence-electron chi connectivity index (χ3n) is 2.27. The van der Waals surface area contributed by atoms with Crippen LogP contribution in [0.4, 0.5) is 0 Å². The molecule has 0 heterocycles. The molecule has 0 bridgehead atoms. The molecule has 0 saturated heterocycles. The summed E-state index contributed by atoms with van der Waals surface area (Å²) in [4.78, 5) is 0. The molecule has 2 unspecified atom stereocenters. The topological polar surface area (TPSA) is 52.0 Å². The van der Waals surface area contributed by atoms with Gasteiger partial charge in [0.1, 0.15) is 0 Å². The largest absolute Gasteiger partial charge is 0.330 e. The first-order chi connectivity index (χ1) is 4.34. The van der Waals surface area contributed by atoms with E-state index in [0.717, 1.165) is 6.54 Å². The molecule has 0 amide bonds. The fourth-order valence-electron chi connectivity index (χ4n) is 1.53. The molecule has 1 aliphatic rings. The summed E-state index contributed by atoms with van der Waals surface area (Å²) in [6, 6.07) is 0.392. The molecule has 2 atom stereocenters. The standard InChI is InChI=1S/C7H16N2.Pt/c8-5-6-3-1-2-4-7(6)9;/h6-7H,1-5,8-9H2;. The second kappa shape index (κ2) is 5.28. The van der Waals surface area contributed by atoms with Gasteiger partial charge in [-0.05, 0) is 25.3 Å². The van der Waals surface area contributed by atoms with Gasteiger partial charge in [-0.3, -0.25) is 0 Å². The van der Waals surface area contributed by atoms with Crippen LogP contribution >= 0.6 is 0 Å². The summed E-state index contributed by atoms with van der Waals surface area (Å²) in [6.07, 6.45) is 5.06. The van der Waals surface area contributed by atoms with Crippen LogP contribution in [-0.4, -0.2) is 12.6 Å². The molecule has 0 radical (unpaired) electrons. The first-order valence-corrected chi connectivity index (χ1v) is 3.80. The quantitative estimate of drug-likeness (QED) is 0.737. The van der Waals surface area contributed by atoms with Crippen LogP contribution < -0.4 is 11.5 Å². The SMILES string of the molecule is NCC1CCCCC1N.[Pt]. The van der Waals surface area contributed by atoms with Gasteiger partial charge in [0, 0.05) is 27.1 Å². The molecule has 0 aromatic carbocycles. The normalized spacial score (nSPS) is 33.0. The van der Waals surface area contributed by atoms with Crippen LogP contribution in [0.2, 0.25) is 0 Å². The zero-order valence-electron chi connectivity index (χ0n) is 6.16. The fourth-order valence-corrected chi connectivity index (χ4v) is 1.53. The smallest absolute Gasteiger partial charge is 0.00792 e. The molecule has 64 valence electrons. The summed E-state index contributed by atoms with van der Waals surface area (Å²) in [7, 11) is 0. The molecular weight excluding hydrogens is 307 g/mol. The number of rotatable bonds is 1. The van der Waals surface area contributed by atoms with Gasteiger partial charge in [-0.15, -0.1) is 0 Å². The average molecular weight is 323 g/mol. The van der Waals surface area contributed by atoms with Gasteiger partial charge >= 0.3 is 0 Å². The minimum atomic E-state index is 0. The van der Waals surface area contributed by atoms with Crippen molar-refractivity contribution in [1.29, 1.82) is 0 Å². The van der Waals surface area contributed by atoms with Crippen LogP contribution in [0.3, 0.4) is 0 Å². The zero-order valence-corrected chi connectivity index (χ0v) is 8.43. The van der Waals surface area contributed by atoms with E-state index in [1.165, 1.54) is 25.7 Å². The second-order valence-electron chi connectivity index (χ2n) is 2.94. The van der Waals surface area contributed by atoms with Crippen molar-refractivity contribution in [2.75, 3.05) is 6.54 Å². The van der Waals surface area contributed by atoms with Gasteiger partial charge in [0.2, 0.25) is 0 Å². The molecule has 0 spiro atoms. The fraction of sp³-hybridized carbons (Fsp3) is 1.00. The summed E-state index contributed by atoms with van der Waals surface area (Å²) in [5.41, 5.74) is 11.3. The van der Waals surface area contributed by atoms with E-state index in [4.69, 9.17) is 11.5 Å². The second-order valence-corrected chi connectivity index (χ2v) is 2.94. The van der Waals surface area contributed by atoms with Crippen LogP contribution in [0.15, 0.2) is 0 Å².